The highest BCUT2D eigenvalue weighted by Crippen LogP contribution is 2.34. The molecule has 0 aliphatic heterocycles. The van der Waals surface area contributed by atoms with Gasteiger partial charge in [0.05, 0.1) is 5.56 Å². The van der Waals surface area contributed by atoms with Crippen LogP contribution in [-0.2, 0) is 4.79 Å². The quantitative estimate of drug-likeness (QED) is 0.890. The van der Waals surface area contributed by atoms with E-state index >= 15 is 0 Å². The zero-order chi connectivity index (χ0) is 14.9. The van der Waals surface area contributed by atoms with Crippen molar-refractivity contribution < 1.29 is 14.7 Å². The van der Waals surface area contributed by atoms with Crippen LogP contribution in [-0.4, -0.2) is 17.0 Å². The Hall–Kier alpha value is -1.36. The van der Waals surface area contributed by atoms with E-state index in [1.165, 1.54) is 11.3 Å². The fraction of sp³-hybridized carbons (Fsp3) is 0.600. The first-order chi connectivity index (χ1) is 9.40. The third kappa shape index (κ3) is 3.03. The second kappa shape index (κ2) is 5.95. The average molecular weight is 295 g/mol. The normalized spacial score (nSPS) is 22.6. The van der Waals surface area contributed by atoms with Gasteiger partial charge in [-0.25, -0.2) is 4.79 Å². The number of anilines is 1. The van der Waals surface area contributed by atoms with Crippen molar-refractivity contribution in [2.75, 3.05) is 5.32 Å². The number of aromatic carboxylic acids is 1. The van der Waals surface area contributed by atoms with E-state index in [4.69, 9.17) is 0 Å². The zero-order valence-corrected chi connectivity index (χ0v) is 13.0. The largest absolute Gasteiger partial charge is 0.478 e. The average Bonchev–Trinajstić information content (AvgIpc) is 2.65. The number of aryl methyl sites for hydroxylation is 1. The number of hydrogen-bond donors (Lipinski definition) is 2. The lowest BCUT2D eigenvalue weighted by Gasteiger charge is -2.25. The Labute approximate surface area is 123 Å². The summed E-state index contributed by atoms with van der Waals surface area (Å²) in [5.74, 6) is -0.282. The van der Waals surface area contributed by atoms with Crippen LogP contribution in [0.25, 0.3) is 0 Å². The maximum atomic E-state index is 12.3. The number of carbonyl (C=O) groups excluding carboxylic acids is 1. The van der Waals surface area contributed by atoms with E-state index in [9.17, 15) is 14.7 Å². The number of hydrogen-bond acceptors (Lipinski definition) is 3. The molecule has 1 aliphatic carbocycles. The van der Waals surface area contributed by atoms with E-state index in [0.717, 1.165) is 36.1 Å². The predicted octanol–water partition coefficient (Wildman–Crippen LogP) is 3.83. The van der Waals surface area contributed by atoms with Crippen molar-refractivity contribution in [3.8, 4) is 0 Å². The van der Waals surface area contributed by atoms with Crippen LogP contribution in [0.15, 0.2) is 0 Å². The molecule has 20 heavy (non-hydrogen) atoms. The van der Waals surface area contributed by atoms with E-state index in [0.29, 0.717) is 10.9 Å². The molecule has 1 aromatic rings. The fourth-order valence-corrected chi connectivity index (χ4v) is 3.76. The first-order valence-electron chi connectivity index (χ1n) is 7.04. The van der Waals surface area contributed by atoms with Crippen LogP contribution in [0.3, 0.4) is 0 Å². The number of amides is 1. The van der Waals surface area contributed by atoms with Crippen LogP contribution in [0.4, 0.5) is 5.00 Å². The third-order valence-corrected chi connectivity index (χ3v) is 5.35. The van der Waals surface area contributed by atoms with Crippen molar-refractivity contribution in [1.29, 1.82) is 0 Å². The molecule has 1 fully saturated rings. The van der Waals surface area contributed by atoms with Gasteiger partial charge >= 0.3 is 5.97 Å². The van der Waals surface area contributed by atoms with Crippen molar-refractivity contribution in [1.82, 2.24) is 0 Å². The summed E-state index contributed by atoms with van der Waals surface area (Å²) in [4.78, 5) is 24.5. The number of carbonyl (C=O) groups is 2. The minimum Gasteiger partial charge on any atom is -0.478 e. The zero-order valence-electron chi connectivity index (χ0n) is 12.2. The highest BCUT2D eigenvalue weighted by Gasteiger charge is 2.27. The minimum atomic E-state index is -0.973. The summed E-state index contributed by atoms with van der Waals surface area (Å²) in [6, 6.07) is 0. The molecule has 0 bridgehead atoms. The van der Waals surface area contributed by atoms with E-state index in [1.54, 1.807) is 6.92 Å². The smallest absolute Gasteiger partial charge is 0.338 e. The summed E-state index contributed by atoms with van der Waals surface area (Å²) < 4.78 is 0. The molecular formula is C15H21NO3S. The van der Waals surface area contributed by atoms with Gasteiger partial charge in [-0.2, -0.15) is 0 Å². The van der Waals surface area contributed by atoms with Gasteiger partial charge in [-0.15, -0.1) is 11.3 Å². The van der Waals surface area contributed by atoms with Gasteiger partial charge < -0.3 is 10.4 Å². The molecule has 2 rings (SSSR count). The molecule has 1 saturated carbocycles. The van der Waals surface area contributed by atoms with Crippen LogP contribution in [0.5, 0.6) is 0 Å². The third-order valence-electron chi connectivity index (χ3n) is 4.22. The number of rotatable bonds is 3. The Kier molecular flexibility index (Phi) is 4.48. The van der Waals surface area contributed by atoms with Crippen molar-refractivity contribution in [3.05, 3.63) is 16.0 Å². The standard InChI is InChI=1S/C15H21NO3S/c1-8-4-6-11(7-5-8)13(17)16-14-12(15(18)19)9(2)10(3)20-14/h8,11H,4-7H2,1-3H3,(H,16,17)(H,18,19). The van der Waals surface area contributed by atoms with Crippen LogP contribution >= 0.6 is 11.3 Å². The molecule has 4 nitrogen and oxygen atoms in total. The number of nitrogens with one attached hydrogen (secondary N) is 1. The highest BCUT2D eigenvalue weighted by molar-refractivity contribution is 7.16. The van der Waals surface area contributed by atoms with Gasteiger partial charge in [0, 0.05) is 10.8 Å². The van der Waals surface area contributed by atoms with E-state index in [-0.39, 0.29) is 17.4 Å². The van der Waals surface area contributed by atoms with E-state index < -0.39 is 5.97 Å². The van der Waals surface area contributed by atoms with Gasteiger partial charge in [0.25, 0.3) is 0 Å². The molecule has 1 heterocycles. The predicted molar refractivity (Wildman–Crippen MR) is 80.5 cm³/mol. The molecule has 0 unspecified atom stereocenters. The van der Waals surface area contributed by atoms with E-state index in [1.807, 2.05) is 6.92 Å². The van der Waals surface area contributed by atoms with Crippen LogP contribution in [0, 0.1) is 25.7 Å². The molecule has 1 aromatic heterocycles. The molecule has 0 radical (unpaired) electrons. The van der Waals surface area contributed by atoms with Gasteiger partial charge in [-0.05, 0) is 51.0 Å². The van der Waals surface area contributed by atoms with Crippen LogP contribution in [0.2, 0.25) is 0 Å². The molecular weight excluding hydrogens is 274 g/mol. The second-order valence-corrected chi connectivity index (χ2v) is 6.96. The molecule has 1 amide bonds. The first-order valence-corrected chi connectivity index (χ1v) is 7.86. The second-order valence-electron chi connectivity index (χ2n) is 5.74. The number of carboxylic acid groups (broad SMARTS) is 1. The lowest BCUT2D eigenvalue weighted by atomic mass is 9.82. The van der Waals surface area contributed by atoms with Gasteiger partial charge in [-0.1, -0.05) is 6.92 Å². The highest BCUT2D eigenvalue weighted by atomic mass is 32.1. The molecule has 2 N–H and O–H groups in total. The Morgan fingerprint density at radius 3 is 2.35 bits per heavy atom. The first kappa shape index (κ1) is 15.0. The summed E-state index contributed by atoms with van der Waals surface area (Å²) in [7, 11) is 0. The van der Waals surface area contributed by atoms with Crippen molar-refractivity contribution in [2.24, 2.45) is 11.8 Å². The molecule has 5 heteroatoms. The van der Waals surface area contributed by atoms with Crippen molar-refractivity contribution in [2.45, 2.75) is 46.5 Å². The minimum absolute atomic E-state index is 0.0237. The molecule has 0 spiro atoms. The van der Waals surface area contributed by atoms with Crippen molar-refractivity contribution in [3.63, 3.8) is 0 Å². The molecule has 0 atom stereocenters. The molecule has 1 aliphatic rings. The molecule has 0 aromatic carbocycles. The Bertz CT molecular complexity index is 527. The SMILES string of the molecule is Cc1sc(NC(=O)C2CCC(C)CC2)c(C(=O)O)c1C. The van der Waals surface area contributed by atoms with Crippen molar-refractivity contribution >= 4 is 28.2 Å². The number of carboxylic acids is 1. The van der Waals surface area contributed by atoms with Gasteiger partial charge in [-0.3, -0.25) is 4.79 Å². The summed E-state index contributed by atoms with van der Waals surface area (Å²) >= 11 is 1.35. The van der Waals surface area contributed by atoms with Gasteiger partial charge in [0.2, 0.25) is 5.91 Å². The maximum Gasteiger partial charge on any atom is 0.338 e. The Balaban J connectivity index is 2.12. The maximum absolute atomic E-state index is 12.3. The summed E-state index contributed by atoms with van der Waals surface area (Å²) in [5, 5.41) is 12.6. The molecule has 0 saturated heterocycles. The Morgan fingerprint density at radius 2 is 1.80 bits per heavy atom. The number of thiophene rings is 1. The van der Waals surface area contributed by atoms with Gasteiger partial charge in [0.15, 0.2) is 0 Å². The van der Waals surface area contributed by atoms with Gasteiger partial charge in [0.1, 0.15) is 5.00 Å². The Morgan fingerprint density at radius 1 is 1.20 bits per heavy atom. The fourth-order valence-electron chi connectivity index (χ4n) is 2.71. The lowest BCUT2D eigenvalue weighted by molar-refractivity contribution is -0.120. The molecule has 110 valence electrons. The summed E-state index contributed by atoms with van der Waals surface area (Å²) in [6.45, 7) is 5.88. The van der Waals surface area contributed by atoms with E-state index in [2.05, 4.69) is 12.2 Å². The van der Waals surface area contributed by atoms with Crippen LogP contribution in [0.1, 0.15) is 53.4 Å². The summed E-state index contributed by atoms with van der Waals surface area (Å²) in [5.41, 5.74) is 0.986. The topological polar surface area (TPSA) is 66.4 Å². The summed E-state index contributed by atoms with van der Waals surface area (Å²) in [6.07, 6.45) is 3.95. The monoisotopic (exact) mass is 295 g/mol. The van der Waals surface area contributed by atoms with Crippen LogP contribution < -0.4 is 5.32 Å². The lowest BCUT2D eigenvalue weighted by Crippen LogP contribution is -2.26.